The number of hydrogen-bond donors (Lipinski definition) is 0. The average Bonchev–Trinajstić information content (AvgIpc) is 2.72. The van der Waals surface area contributed by atoms with Crippen LogP contribution in [-0.4, -0.2) is 11.0 Å². The van der Waals surface area contributed by atoms with Gasteiger partial charge in [0.15, 0.2) is 0 Å². The maximum Gasteiger partial charge on any atom is 0.343 e. The summed E-state index contributed by atoms with van der Waals surface area (Å²) in [7, 11) is 0. The van der Waals surface area contributed by atoms with Crippen LogP contribution in [0.2, 0.25) is 0 Å². The summed E-state index contributed by atoms with van der Waals surface area (Å²) in [6, 6.07) is 14.8. The molecule has 0 unspecified atom stereocenters. The second-order valence-corrected chi connectivity index (χ2v) is 6.60. The Kier molecular flexibility index (Phi) is 4.90. The van der Waals surface area contributed by atoms with Crippen molar-refractivity contribution < 1.29 is 18.7 Å². The molecule has 7 heteroatoms. The van der Waals surface area contributed by atoms with Gasteiger partial charge in [-0.1, -0.05) is 12.1 Å². The SMILES string of the molecule is O=C(Oc1ccc2c(=O)c(Oc3ccccc3Br)coc2c1)c1ccncc1. The van der Waals surface area contributed by atoms with Gasteiger partial charge in [0.05, 0.1) is 15.4 Å². The molecule has 28 heavy (non-hydrogen) atoms. The van der Waals surface area contributed by atoms with E-state index < -0.39 is 5.97 Å². The summed E-state index contributed by atoms with van der Waals surface area (Å²) in [4.78, 5) is 28.7. The zero-order valence-electron chi connectivity index (χ0n) is 14.3. The maximum absolute atomic E-state index is 12.7. The number of nitrogens with zero attached hydrogens (tertiary/aromatic N) is 1. The zero-order valence-corrected chi connectivity index (χ0v) is 15.9. The van der Waals surface area contributed by atoms with Gasteiger partial charge < -0.3 is 13.9 Å². The molecule has 2 aromatic heterocycles. The molecular formula is C21H12BrNO5. The summed E-state index contributed by atoms with van der Waals surface area (Å²) in [5.74, 6) is 0.285. The van der Waals surface area contributed by atoms with Crippen LogP contribution in [0.5, 0.6) is 17.2 Å². The second-order valence-electron chi connectivity index (χ2n) is 5.74. The first-order valence-corrected chi connectivity index (χ1v) is 9.01. The number of para-hydroxylation sites is 1. The molecule has 0 N–H and O–H groups in total. The molecule has 0 saturated heterocycles. The molecule has 4 aromatic rings. The molecule has 0 fully saturated rings. The monoisotopic (exact) mass is 437 g/mol. The first-order valence-electron chi connectivity index (χ1n) is 8.22. The van der Waals surface area contributed by atoms with Crippen molar-refractivity contribution >= 4 is 32.9 Å². The molecule has 0 amide bonds. The topological polar surface area (TPSA) is 78.6 Å². The van der Waals surface area contributed by atoms with Gasteiger partial charge in [-0.2, -0.15) is 0 Å². The number of aromatic nitrogens is 1. The van der Waals surface area contributed by atoms with E-state index in [0.717, 1.165) is 0 Å². The van der Waals surface area contributed by atoms with Crippen molar-refractivity contribution in [1.29, 1.82) is 0 Å². The lowest BCUT2D eigenvalue weighted by molar-refractivity contribution is 0.0735. The Hall–Kier alpha value is -3.45. The summed E-state index contributed by atoms with van der Waals surface area (Å²) in [6.07, 6.45) is 4.24. The van der Waals surface area contributed by atoms with Crippen molar-refractivity contribution in [3.8, 4) is 17.2 Å². The Labute approximate surface area is 167 Å². The fourth-order valence-corrected chi connectivity index (χ4v) is 2.89. The Morgan fingerprint density at radius 2 is 1.79 bits per heavy atom. The van der Waals surface area contributed by atoms with E-state index in [1.165, 1.54) is 36.9 Å². The molecule has 4 rings (SSSR count). The quantitative estimate of drug-likeness (QED) is 0.331. The molecular weight excluding hydrogens is 426 g/mol. The lowest BCUT2D eigenvalue weighted by Crippen LogP contribution is -2.09. The Bertz CT molecular complexity index is 1220. The number of halogens is 1. The van der Waals surface area contributed by atoms with Crippen LogP contribution < -0.4 is 14.9 Å². The van der Waals surface area contributed by atoms with E-state index in [4.69, 9.17) is 13.9 Å². The van der Waals surface area contributed by atoms with Crippen molar-refractivity contribution in [2.45, 2.75) is 0 Å². The van der Waals surface area contributed by atoms with Crippen LogP contribution >= 0.6 is 15.9 Å². The number of ether oxygens (including phenoxy) is 2. The highest BCUT2D eigenvalue weighted by Gasteiger charge is 2.13. The van der Waals surface area contributed by atoms with Gasteiger partial charge in [-0.25, -0.2) is 4.79 Å². The number of carbonyl (C=O) groups excluding carboxylic acids is 1. The van der Waals surface area contributed by atoms with Crippen molar-refractivity contribution in [3.63, 3.8) is 0 Å². The molecule has 0 saturated carbocycles. The molecule has 0 spiro atoms. The van der Waals surface area contributed by atoms with Crippen LogP contribution in [0.4, 0.5) is 0 Å². The molecule has 0 aliphatic heterocycles. The van der Waals surface area contributed by atoms with Gasteiger partial charge in [-0.3, -0.25) is 9.78 Å². The Morgan fingerprint density at radius 1 is 1.00 bits per heavy atom. The third kappa shape index (κ3) is 3.65. The molecule has 0 aliphatic rings. The highest BCUT2D eigenvalue weighted by molar-refractivity contribution is 9.10. The first-order chi connectivity index (χ1) is 13.6. The first kappa shape index (κ1) is 17.9. The van der Waals surface area contributed by atoms with Gasteiger partial charge in [0.1, 0.15) is 23.3 Å². The minimum Gasteiger partial charge on any atom is -0.460 e. The lowest BCUT2D eigenvalue weighted by atomic mass is 10.2. The van der Waals surface area contributed by atoms with Gasteiger partial charge in [0.25, 0.3) is 0 Å². The molecule has 0 bridgehead atoms. The zero-order chi connectivity index (χ0) is 19.5. The van der Waals surface area contributed by atoms with Crippen LogP contribution in [0.3, 0.4) is 0 Å². The fourth-order valence-electron chi connectivity index (χ4n) is 2.52. The van der Waals surface area contributed by atoms with Gasteiger partial charge in [0.2, 0.25) is 11.2 Å². The standard InChI is InChI=1S/C21H12BrNO5/c22-16-3-1-2-4-17(16)28-19-12-26-18-11-14(5-6-15(18)20(19)24)27-21(25)13-7-9-23-10-8-13/h1-12H. The van der Waals surface area contributed by atoms with Gasteiger partial charge >= 0.3 is 5.97 Å². The average molecular weight is 438 g/mol. The molecule has 138 valence electrons. The summed E-state index contributed by atoms with van der Waals surface area (Å²) in [5.41, 5.74) is 0.322. The summed E-state index contributed by atoms with van der Waals surface area (Å²) in [5, 5.41) is 0.313. The van der Waals surface area contributed by atoms with Crippen molar-refractivity contribution in [2.24, 2.45) is 0 Å². The lowest BCUT2D eigenvalue weighted by Gasteiger charge is -2.08. The van der Waals surface area contributed by atoms with E-state index in [-0.39, 0.29) is 22.5 Å². The molecule has 0 radical (unpaired) electrons. The molecule has 0 aliphatic carbocycles. The normalized spacial score (nSPS) is 10.6. The smallest absolute Gasteiger partial charge is 0.343 e. The highest BCUT2D eigenvalue weighted by Crippen LogP contribution is 2.29. The fraction of sp³-hybridized carbons (Fsp3) is 0. The third-order valence-electron chi connectivity index (χ3n) is 3.90. The van der Waals surface area contributed by atoms with Crippen LogP contribution in [0, 0.1) is 0 Å². The number of pyridine rings is 1. The predicted molar refractivity (Wildman–Crippen MR) is 106 cm³/mol. The predicted octanol–water partition coefficient (Wildman–Crippen LogP) is 4.96. The Balaban J connectivity index is 1.62. The van der Waals surface area contributed by atoms with E-state index in [1.54, 1.807) is 30.3 Å². The van der Waals surface area contributed by atoms with E-state index >= 15 is 0 Å². The number of hydrogen-bond acceptors (Lipinski definition) is 6. The Morgan fingerprint density at radius 3 is 2.57 bits per heavy atom. The van der Waals surface area contributed by atoms with Crippen LogP contribution in [0.15, 0.2) is 86.9 Å². The molecule has 2 heterocycles. The van der Waals surface area contributed by atoms with Gasteiger partial charge in [0, 0.05) is 18.5 Å². The molecule has 2 aromatic carbocycles. The summed E-state index contributed by atoms with van der Waals surface area (Å²) in [6.45, 7) is 0. The van der Waals surface area contributed by atoms with E-state index in [9.17, 15) is 9.59 Å². The minimum absolute atomic E-state index is 0.0564. The summed E-state index contributed by atoms with van der Waals surface area (Å²) < 4.78 is 17.2. The molecule has 6 nitrogen and oxygen atoms in total. The van der Waals surface area contributed by atoms with Crippen molar-refractivity contribution in [2.75, 3.05) is 0 Å². The second kappa shape index (κ2) is 7.66. The number of carbonyl (C=O) groups is 1. The number of benzene rings is 2. The minimum atomic E-state index is -0.530. The van der Waals surface area contributed by atoms with E-state index in [0.29, 0.717) is 21.2 Å². The largest absolute Gasteiger partial charge is 0.460 e. The number of rotatable bonds is 4. The van der Waals surface area contributed by atoms with Crippen LogP contribution in [0.1, 0.15) is 10.4 Å². The van der Waals surface area contributed by atoms with Crippen molar-refractivity contribution in [1.82, 2.24) is 4.98 Å². The van der Waals surface area contributed by atoms with Crippen LogP contribution in [-0.2, 0) is 0 Å². The number of esters is 1. The van der Waals surface area contributed by atoms with E-state index in [1.807, 2.05) is 6.07 Å². The number of fused-ring (bicyclic) bond motifs is 1. The van der Waals surface area contributed by atoms with Crippen molar-refractivity contribution in [3.05, 3.63) is 93.5 Å². The van der Waals surface area contributed by atoms with Gasteiger partial charge in [-0.15, -0.1) is 0 Å². The third-order valence-corrected chi connectivity index (χ3v) is 4.55. The van der Waals surface area contributed by atoms with Crippen LogP contribution in [0.25, 0.3) is 11.0 Å². The highest BCUT2D eigenvalue weighted by atomic mass is 79.9. The maximum atomic E-state index is 12.7. The molecule has 0 atom stereocenters. The van der Waals surface area contributed by atoms with E-state index in [2.05, 4.69) is 20.9 Å². The summed E-state index contributed by atoms with van der Waals surface area (Å²) >= 11 is 3.37. The van der Waals surface area contributed by atoms with Gasteiger partial charge in [-0.05, 0) is 52.3 Å².